The van der Waals surface area contributed by atoms with Crippen LogP contribution in [0.25, 0.3) is 0 Å². The minimum Gasteiger partial charge on any atom is -0.464 e. The van der Waals surface area contributed by atoms with E-state index in [0.717, 1.165) is 6.42 Å². The summed E-state index contributed by atoms with van der Waals surface area (Å²) in [5.74, 6) is -0.273. The number of carbonyl (C=O) groups excluding carboxylic acids is 1. The molecule has 0 amide bonds. The Morgan fingerprint density at radius 2 is 1.82 bits per heavy atom. The highest BCUT2D eigenvalue weighted by molar-refractivity contribution is 5.74. The molecular weight excluding hydrogens is 220 g/mol. The highest BCUT2D eigenvalue weighted by atomic mass is 16.6. The van der Waals surface area contributed by atoms with Crippen LogP contribution >= 0.6 is 0 Å². The van der Waals surface area contributed by atoms with Crippen LogP contribution in [0.5, 0.6) is 0 Å². The van der Waals surface area contributed by atoms with Gasteiger partial charge >= 0.3 is 5.97 Å². The average Bonchev–Trinajstić information content (AvgIpc) is 2.21. The molecule has 0 bridgehead atoms. The fourth-order valence-electron chi connectivity index (χ4n) is 1.30. The van der Waals surface area contributed by atoms with Crippen molar-refractivity contribution in [3.63, 3.8) is 0 Å². The summed E-state index contributed by atoms with van der Waals surface area (Å²) in [7, 11) is 0. The van der Waals surface area contributed by atoms with Crippen molar-refractivity contribution in [2.24, 2.45) is 0 Å². The lowest BCUT2D eigenvalue weighted by atomic mass is 10.2. The molecule has 0 rings (SSSR count). The topological polar surface area (TPSA) is 44.8 Å². The van der Waals surface area contributed by atoms with Crippen molar-refractivity contribution in [3.8, 4) is 0 Å². The summed E-state index contributed by atoms with van der Waals surface area (Å²) in [6.45, 7) is 11.1. The van der Waals surface area contributed by atoms with E-state index in [1.807, 2.05) is 27.7 Å². The zero-order chi connectivity index (χ0) is 13.3. The number of hydrogen-bond acceptors (Lipinski definition) is 4. The van der Waals surface area contributed by atoms with Gasteiger partial charge in [-0.3, -0.25) is 0 Å². The molecule has 0 radical (unpaired) electrons. The third kappa shape index (κ3) is 9.12. The molecule has 0 saturated carbocycles. The Morgan fingerprint density at radius 3 is 2.29 bits per heavy atom. The first-order valence-electron chi connectivity index (χ1n) is 6.33. The molecule has 4 nitrogen and oxygen atoms in total. The SMILES string of the molecule is CCCC(OCCOC(C)(C)C)C(=O)OCC. The lowest BCUT2D eigenvalue weighted by molar-refractivity contribution is -0.159. The van der Waals surface area contributed by atoms with Crippen LogP contribution in [-0.2, 0) is 19.0 Å². The normalized spacial score (nSPS) is 13.5. The predicted octanol–water partition coefficient (Wildman–Crippen LogP) is 2.55. The molecule has 0 aromatic carbocycles. The number of hydrogen-bond donors (Lipinski definition) is 0. The minimum atomic E-state index is -0.455. The van der Waals surface area contributed by atoms with Gasteiger partial charge in [0.2, 0.25) is 0 Å². The van der Waals surface area contributed by atoms with Gasteiger partial charge in [-0.05, 0) is 34.1 Å². The van der Waals surface area contributed by atoms with Gasteiger partial charge in [0.05, 0.1) is 25.4 Å². The van der Waals surface area contributed by atoms with Crippen molar-refractivity contribution in [2.75, 3.05) is 19.8 Å². The van der Waals surface area contributed by atoms with E-state index in [2.05, 4.69) is 0 Å². The smallest absolute Gasteiger partial charge is 0.335 e. The zero-order valence-corrected chi connectivity index (χ0v) is 11.7. The van der Waals surface area contributed by atoms with Crippen molar-refractivity contribution in [1.29, 1.82) is 0 Å². The van der Waals surface area contributed by atoms with Crippen LogP contribution in [0.3, 0.4) is 0 Å². The predicted molar refractivity (Wildman–Crippen MR) is 67.0 cm³/mol. The first-order chi connectivity index (χ1) is 7.90. The Kier molecular flexibility index (Phi) is 8.17. The second-order valence-electron chi connectivity index (χ2n) is 4.86. The number of ether oxygens (including phenoxy) is 3. The highest BCUT2D eigenvalue weighted by Crippen LogP contribution is 2.08. The van der Waals surface area contributed by atoms with Gasteiger partial charge in [-0.1, -0.05) is 13.3 Å². The largest absolute Gasteiger partial charge is 0.464 e. The van der Waals surface area contributed by atoms with Crippen LogP contribution in [0.2, 0.25) is 0 Å². The van der Waals surface area contributed by atoms with E-state index in [-0.39, 0.29) is 11.6 Å². The molecular formula is C13H26O4. The number of carbonyl (C=O) groups is 1. The first kappa shape index (κ1) is 16.4. The minimum absolute atomic E-state index is 0.173. The molecule has 1 unspecified atom stereocenters. The van der Waals surface area contributed by atoms with Crippen molar-refractivity contribution in [1.82, 2.24) is 0 Å². The van der Waals surface area contributed by atoms with Gasteiger partial charge in [0.1, 0.15) is 0 Å². The van der Waals surface area contributed by atoms with Crippen LogP contribution < -0.4 is 0 Å². The van der Waals surface area contributed by atoms with E-state index in [1.54, 1.807) is 6.92 Å². The molecule has 0 aromatic heterocycles. The Morgan fingerprint density at radius 1 is 1.18 bits per heavy atom. The average molecular weight is 246 g/mol. The zero-order valence-electron chi connectivity index (χ0n) is 11.7. The maximum absolute atomic E-state index is 11.5. The monoisotopic (exact) mass is 246 g/mol. The van der Waals surface area contributed by atoms with Gasteiger partial charge in [0.25, 0.3) is 0 Å². The van der Waals surface area contributed by atoms with E-state index in [0.29, 0.717) is 26.2 Å². The molecule has 0 aliphatic rings. The van der Waals surface area contributed by atoms with Crippen LogP contribution in [0.15, 0.2) is 0 Å². The quantitative estimate of drug-likeness (QED) is 0.487. The summed E-state index contributed by atoms with van der Waals surface area (Å²) in [6.07, 6.45) is 1.13. The van der Waals surface area contributed by atoms with E-state index >= 15 is 0 Å². The molecule has 0 heterocycles. The summed E-state index contributed by atoms with van der Waals surface area (Å²) in [5, 5.41) is 0. The van der Waals surface area contributed by atoms with Crippen LogP contribution in [0, 0.1) is 0 Å². The summed E-state index contributed by atoms with van der Waals surface area (Å²) in [4.78, 5) is 11.5. The van der Waals surface area contributed by atoms with Crippen molar-refractivity contribution < 1.29 is 19.0 Å². The standard InChI is InChI=1S/C13H26O4/c1-6-8-11(12(14)15-7-2)16-9-10-17-13(3,4)5/h11H,6-10H2,1-5H3. The van der Waals surface area contributed by atoms with Gasteiger partial charge in [-0.15, -0.1) is 0 Å². The molecule has 0 N–H and O–H groups in total. The van der Waals surface area contributed by atoms with Crippen LogP contribution in [0.1, 0.15) is 47.5 Å². The van der Waals surface area contributed by atoms with Crippen molar-refractivity contribution >= 4 is 5.97 Å². The molecule has 4 heteroatoms. The van der Waals surface area contributed by atoms with E-state index in [1.165, 1.54) is 0 Å². The third-order valence-electron chi connectivity index (χ3n) is 2.04. The second kappa shape index (κ2) is 8.48. The fourth-order valence-corrected chi connectivity index (χ4v) is 1.30. The number of esters is 1. The Hall–Kier alpha value is -0.610. The number of rotatable bonds is 8. The van der Waals surface area contributed by atoms with Crippen LogP contribution in [0.4, 0.5) is 0 Å². The maximum atomic E-state index is 11.5. The Balaban J connectivity index is 3.89. The molecule has 0 saturated heterocycles. The first-order valence-corrected chi connectivity index (χ1v) is 6.33. The van der Waals surface area contributed by atoms with Gasteiger partial charge in [0.15, 0.2) is 6.10 Å². The van der Waals surface area contributed by atoms with Gasteiger partial charge in [0, 0.05) is 0 Å². The van der Waals surface area contributed by atoms with Gasteiger partial charge in [-0.25, -0.2) is 4.79 Å². The second-order valence-corrected chi connectivity index (χ2v) is 4.86. The summed E-state index contributed by atoms with van der Waals surface area (Å²) < 4.78 is 16.0. The lowest BCUT2D eigenvalue weighted by Crippen LogP contribution is -2.29. The van der Waals surface area contributed by atoms with Crippen molar-refractivity contribution in [3.05, 3.63) is 0 Å². The molecule has 0 spiro atoms. The lowest BCUT2D eigenvalue weighted by Gasteiger charge is -2.21. The van der Waals surface area contributed by atoms with Gasteiger partial charge in [-0.2, -0.15) is 0 Å². The van der Waals surface area contributed by atoms with Crippen LogP contribution in [-0.4, -0.2) is 37.5 Å². The maximum Gasteiger partial charge on any atom is 0.335 e. The molecule has 102 valence electrons. The van der Waals surface area contributed by atoms with Crippen molar-refractivity contribution in [2.45, 2.75) is 59.2 Å². The molecule has 1 atom stereocenters. The summed E-state index contributed by atoms with van der Waals surface area (Å²) in [6, 6.07) is 0. The molecule has 0 aromatic rings. The summed E-state index contributed by atoms with van der Waals surface area (Å²) in [5.41, 5.74) is -0.173. The molecule has 0 aliphatic heterocycles. The highest BCUT2D eigenvalue weighted by Gasteiger charge is 2.19. The molecule has 0 fully saturated rings. The third-order valence-corrected chi connectivity index (χ3v) is 2.04. The molecule has 17 heavy (non-hydrogen) atoms. The van der Waals surface area contributed by atoms with E-state index < -0.39 is 6.10 Å². The van der Waals surface area contributed by atoms with Gasteiger partial charge < -0.3 is 14.2 Å². The Bertz CT molecular complexity index is 208. The molecule has 0 aliphatic carbocycles. The van der Waals surface area contributed by atoms with E-state index in [9.17, 15) is 4.79 Å². The van der Waals surface area contributed by atoms with E-state index in [4.69, 9.17) is 14.2 Å². The fraction of sp³-hybridized carbons (Fsp3) is 0.923. The Labute approximate surface area is 105 Å². The summed E-state index contributed by atoms with van der Waals surface area (Å²) >= 11 is 0.